The molecule has 2 aromatic rings. The molecule has 1 heterocycles. The van der Waals surface area contributed by atoms with Crippen molar-refractivity contribution >= 4 is 23.0 Å². The smallest absolute Gasteiger partial charge is 0.305 e. The summed E-state index contributed by atoms with van der Waals surface area (Å²) in [6.45, 7) is 0.449. The van der Waals surface area contributed by atoms with Gasteiger partial charge in [0.25, 0.3) is 0 Å². The Kier molecular flexibility index (Phi) is 3.11. The SMILES string of the molecule is O=C(O)CCn1c(NC2CCC2)nc2ccccc21. The van der Waals surface area contributed by atoms with E-state index in [0.29, 0.717) is 12.6 Å². The van der Waals surface area contributed by atoms with E-state index in [1.165, 1.54) is 19.3 Å². The first kappa shape index (κ1) is 12.0. The van der Waals surface area contributed by atoms with Crippen LogP contribution in [-0.2, 0) is 11.3 Å². The zero-order chi connectivity index (χ0) is 13.2. The zero-order valence-electron chi connectivity index (χ0n) is 10.7. The van der Waals surface area contributed by atoms with Crippen LogP contribution in [0.2, 0.25) is 0 Å². The normalized spacial score (nSPS) is 15.4. The molecule has 0 amide bonds. The number of nitrogens with zero attached hydrogens (tertiary/aromatic N) is 2. The summed E-state index contributed by atoms with van der Waals surface area (Å²) in [5.74, 6) is 0.0134. The van der Waals surface area contributed by atoms with Gasteiger partial charge in [0.05, 0.1) is 17.5 Å². The van der Waals surface area contributed by atoms with Crippen molar-refractivity contribution < 1.29 is 9.90 Å². The lowest BCUT2D eigenvalue weighted by Crippen LogP contribution is -2.28. The van der Waals surface area contributed by atoms with E-state index in [-0.39, 0.29) is 6.42 Å². The number of para-hydroxylation sites is 2. The monoisotopic (exact) mass is 259 g/mol. The van der Waals surface area contributed by atoms with Gasteiger partial charge in [0.1, 0.15) is 0 Å². The molecule has 100 valence electrons. The number of hydrogen-bond acceptors (Lipinski definition) is 3. The largest absolute Gasteiger partial charge is 0.481 e. The fourth-order valence-electron chi connectivity index (χ4n) is 2.35. The molecular formula is C14H17N3O2. The van der Waals surface area contributed by atoms with Crippen LogP contribution in [0.3, 0.4) is 0 Å². The topological polar surface area (TPSA) is 67.2 Å². The number of benzene rings is 1. The second kappa shape index (κ2) is 4.91. The van der Waals surface area contributed by atoms with Crippen LogP contribution in [0.25, 0.3) is 11.0 Å². The third-order valence-corrected chi connectivity index (χ3v) is 3.64. The first-order chi connectivity index (χ1) is 9.24. The number of hydrogen-bond donors (Lipinski definition) is 2. The predicted octanol–water partition coefficient (Wildman–Crippen LogP) is 2.48. The molecule has 19 heavy (non-hydrogen) atoms. The van der Waals surface area contributed by atoms with Gasteiger partial charge in [0.2, 0.25) is 5.95 Å². The summed E-state index contributed by atoms with van der Waals surface area (Å²) in [5, 5.41) is 12.3. The fourth-order valence-corrected chi connectivity index (χ4v) is 2.35. The van der Waals surface area contributed by atoms with E-state index in [1.807, 2.05) is 28.8 Å². The Morgan fingerprint density at radius 3 is 2.89 bits per heavy atom. The summed E-state index contributed by atoms with van der Waals surface area (Å²) >= 11 is 0. The highest BCUT2D eigenvalue weighted by atomic mass is 16.4. The second-order valence-electron chi connectivity index (χ2n) is 4.99. The lowest BCUT2D eigenvalue weighted by molar-refractivity contribution is -0.137. The molecule has 5 heteroatoms. The Balaban J connectivity index is 1.92. The average molecular weight is 259 g/mol. The first-order valence-electron chi connectivity index (χ1n) is 6.67. The summed E-state index contributed by atoms with van der Waals surface area (Å²) in [5.41, 5.74) is 1.90. The number of aliphatic carboxylic acids is 1. The van der Waals surface area contributed by atoms with Crippen molar-refractivity contribution in [2.24, 2.45) is 0 Å². The van der Waals surface area contributed by atoms with Crippen molar-refractivity contribution in [3.05, 3.63) is 24.3 Å². The van der Waals surface area contributed by atoms with Crippen LogP contribution in [0.15, 0.2) is 24.3 Å². The Bertz CT molecular complexity index is 602. The number of anilines is 1. The first-order valence-corrected chi connectivity index (χ1v) is 6.67. The molecule has 0 saturated heterocycles. The Labute approximate surface area is 111 Å². The van der Waals surface area contributed by atoms with Gasteiger partial charge in [-0.25, -0.2) is 4.98 Å². The molecule has 1 fully saturated rings. The van der Waals surface area contributed by atoms with Gasteiger partial charge in [0, 0.05) is 12.6 Å². The number of carboxylic acids is 1. The third-order valence-electron chi connectivity index (χ3n) is 3.64. The minimum Gasteiger partial charge on any atom is -0.481 e. The summed E-state index contributed by atoms with van der Waals surface area (Å²) in [6.07, 6.45) is 3.71. The molecule has 0 radical (unpaired) electrons. The zero-order valence-corrected chi connectivity index (χ0v) is 10.7. The molecular weight excluding hydrogens is 242 g/mol. The number of rotatable bonds is 5. The number of imidazole rings is 1. The number of aromatic nitrogens is 2. The Hall–Kier alpha value is -2.04. The minimum atomic E-state index is -0.785. The van der Waals surface area contributed by atoms with Crippen LogP contribution in [-0.4, -0.2) is 26.7 Å². The van der Waals surface area contributed by atoms with Gasteiger partial charge in [-0.1, -0.05) is 12.1 Å². The van der Waals surface area contributed by atoms with Crippen molar-refractivity contribution in [2.75, 3.05) is 5.32 Å². The highest BCUT2D eigenvalue weighted by Gasteiger charge is 2.20. The van der Waals surface area contributed by atoms with E-state index in [2.05, 4.69) is 10.3 Å². The number of carboxylic acid groups (broad SMARTS) is 1. The number of aryl methyl sites for hydroxylation is 1. The standard InChI is InChI=1S/C14H17N3O2/c18-13(19)8-9-17-12-7-2-1-6-11(12)16-14(17)15-10-4-3-5-10/h1-2,6-7,10H,3-5,8-9H2,(H,15,16)(H,18,19). The van der Waals surface area contributed by atoms with E-state index >= 15 is 0 Å². The molecule has 2 N–H and O–H groups in total. The number of fused-ring (bicyclic) bond motifs is 1. The molecule has 1 aliphatic carbocycles. The van der Waals surface area contributed by atoms with Crippen LogP contribution in [0.4, 0.5) is 5.95 Å². The Morgan fingerprint density at radius 1 is 1.42 bits per heavy atom. The van der Waals surface area contributed by atoms with Gasteiger partial charge in [-0.3, -0.25) is 4.79 Å². The van der Waals surface area contributed by atoms with E-state index in [4.69, 9.17) is 5.11 Å². The van der Waals surface area contributed by atoms with Crippen molar-refractivity contribution in [3.8, 4) is 0 Å². The average Bonchev–Trinajstić information content (AvgIpc) is 2.69. The predicted molar refractivity (Wildman–Crippen MR) is 73.2 cm³/mol. The molecule has 0 spiro atoms. The molecule has 1 saturated carbocycles. The van der Waals surface area contributed by atoms with E-state index in [9.17, 15) is 4.79 Å². The number of carbonyl (C=O) groups is 1. The van der Waals surface area contributed by atoms with Crippen molar-refractivity contribution in [1.82, 2.24) is 9.55 Å². The second-order valence-corrected chi connectivity index (χ2v) is 4.99. The van der Waals surface area contributed by atoms with Gasteiger partial charge < -0.3 is 15.0 Å². The van der Waals surface area contributed by atoms with Gasteiger partial charge in [-0.05, 0) is 31.4 Å². The summed E-state index contributed by atoms with van der Waals surface area (Å²) in [6, 6.07) is 8.33. The summed E-state index contributed by atoms with van der Waals surface area (Å²) in [7, 11) is 0. The van der Waals surface area contributed by atoms with Crippen LogP contribution in [0.1, 0.15) is 25.7 Å². The highest BCUT2D eigenvalue weighted by Crippen LogP contribution is 2.26. The van der Waals surface area contributed by atoms with E-state index in [0.717, 1.165) is 17.0 Å². The van der Waals surface area contributed by atoms with Crippen LogP contribution in [0, 0.1) is 0 Å². The molecule has 1 aromatic heterocycles. The maximum absolute atomic E-state index is 10.8. The van der Waals surface area contributed by atoms with Crippen molar-refractivity contribution in [1.29, 1.82) is 0 Å². The molecule has 0 atom stereocenters. The molecule has 3 rings (SSSR count). The molecule has 1 aliphatic rings. The van der Waals surface area contributed by atoms with Gasteiger partial charge in [-0.2, -0.15) is 0 Å². The van der Waals surface area contributed by atoms with E-state index < -0.39 is 5.97 Å². The molecule has 0 aliphatic heterocycles. The lowest BCUT2D eigenvalue weighted by atomic mass is 9.93. The lowest BCUT2D eigenvalue weighted by Gasteiger charge is -2.27. The van der Waals surface area contributed by atoms with Gasteiger partial charge >= 0.3 is 5.97 Å². The summed E-state index contributed by atoms with van der Waals surface area (Å²) in [4.78, 5) is 15.3. The Morgan fingerprint density at radius 2 is 2.21 bits per heavy atom. The van der Waals surface area contributed by atoms with E-state index in [1.54, 1.807) is 0 Å². The molecule has 5 nitrogen and oxygen atoms in total. The minimum absolute atomic E-state index is 0.111. The molecule has 0 bridgehead atoms. The number of nitrogens with one attached hydrogen (secondary N) is 1. The van der Waals surface area contributed by atoms with Crippen molar-refractivity contribution in [2.45, 2.75) is 38.3 Å². The fraction of sp³-hybridized carbons (Fsp3) is 0.429. The highest BCUT2D eigenvalue weighted by molar-refractivity contribution is 5.79. The maximum atomic E-state index is 10.8. The van der Waals surface area contributed by atoms with Crippen LogP contribution >= 0.6 is 0 Å². The van der Waals surface area contributed by atoms with Crippen LogP contribution in [0.5, 0.6) is 0 Å². The summed E-state index contributed by atoms with van der Waals surface area (Å²) < 4.78 is 1.97. The molecule has 1 aromatic carbocycles. The molecule has 0 unspecified atom stereocenters. The van der Waals surface area contributed by atoms with Crippen LogP contribution < -0.4 is 5.32 Å². The third kappa shape index (κ3) is 2.41. The van der Waals surface area contributed by atoms with Gasteiger partial charge in [0.15, 0.2) is 0 Å². The quantitative estimate of drug-likeness (QED) is 0.865. The van der Waals surface area contributed by atoms with Crippen molar-refractivity contribution in [3.63, 3.8) is 0 Å². The van der Waals surface area contributed by atoms with Gasteiger partial charge in [-0.15, -0.1) is 0 Å². The maximum Gasteiger partial charge on any atom is 0.305 e.